The molecule has 0 unspecified atom stereocenters. The van der Waals surface area contributed by atoms with Gasteiger partial charge in [-0.1, -0.05) is 31.2 Å². The summed E-state index contributed by atoms with van der Waals surface area (Å²) in [4.78, 5) is 26.6. The topological polar surface area (TPSA) is 96.0 Å². The third-order valence-corrected chi connectivity index (χ3v) is 8.08. The number of morpholine rings is 1. The van der Waals surface area contributed by atoms with Gasteiger partial charge < -0.3 is 15.0 Å². The van der Waals surface area contributed by atoms with Crippen molar-refractivity contribution in [3.63, 3.8) is 0 Å². The van der Waals surface area contributed by atoms with Crippen LogP contribution in [0.2, 0.25) is 0 Å². The average Bonchev–Trinajstić information content (AvgIpc) is 2.84. The summed E-state index contributed by atoms with van der Waals surface area (Å²) >= 11 is 0. The second kappa shape index (κ2) is 10.0. The number of carbonyl (C=O) groups is 2. The number of amides is 2. The Balaban J connectivity index is 1.62. The first-order valence-electron chi connectivity index (χ1n) is 11.2. The van der Waals surface area contributed by atoms with E-state index in [1.807, 2.05) is 24.3 Å². The lowest BCUT2D eigenvalue weighted by Gasteiger charge is -2.37. The van der Waals surface area contributed by atoms with Crippen LogP contribution in [0.5, 0.6) is 0 Å². The van der Waals surface area contributed by atoms with Gasteiger partial charge in [-0.25, -0.2) is 8.42 Å². The monoisotopic (exact) mass is 471 g/mol. The van der Waals surface area contributed by atoms with E-state index in [2.05, 4.69) is 5.32 Å². The average molecular weight is 472 g/mol. The Morgan fingerprint density at radius 1 is 1.03 bits per heavy atom. The molecule has 9 heteroatoms. The van der Waals surface area contributed by atoms with Crippen LogP contribution in [0.15, 0.2) is 53.4 Å². The molecule has 1 fully saturated rings. The van der Waals surface area contributed by atoms with Gasteiger partial charge in [-0.3, -0.25) is 9.59 Å². The van der Waals surface area contributed by atoms with Crippen LogP contribution in [0.4, 0.5) is 5.69 Å². The van der Waals surface area contributed by atoms with Crippen molar-refractivity contribution < 1.29 is 22.7 Å². The Morgan fingerprint density at radius 3 is 2.42 bits per heavy atom. The summed E-state index contributed by atoms with van der Waals surface area (Å²) in [5.41, 5.74) is 2.49. The Labute approximate surface area is 194 Å². The van der Waals surface area contributed by atoms with Gasteiger partial charge in [0, 0.05) is 38.2 Å². The number of ether oxygens (including phenoxy) is 1. The lowest BCUT2D eigenvalue weighted by Crippen LogP contribution is -2.45. The minimum atomic E-state index is -3.86. The highest BCUT2D eigenvalue weighted by atomic mass is 32.2. The van der Waals surface area contributed by atoms with E-state index in [-0.39, 0.29) is 23.1 Å². The van der Waals surface area contributed by atoms with E-state index >= 15 is 0 Å². The Hall–Kier alpha value is -2.75. The molecule has 1 saturated heterocycles. The van der Waals surface area contributed by atoms with Crippen molar-refractivity contribution in [2.75, 3.05) is 38.2 Å². The normalized spacial score (nSPS) is 19.1. The van der Waals surface area contributed by atoms with Crippen molar-refractivity contribution in [2.24, 2.45) is 0 Å². The standard InChI is InChI=1S/C24H29N3O5S/c1-2-23(28)25-19-7-9-20(10-8-19)33(30,31)27-12-11-18-5-3-4-6-21(18)22(27)17-24(29)26-13-15-32-16-14-26/h3-10,22H,2,11-17H2,1H3,(H,25,28)/t22-/m0/s1. The summed E-state index contributed by atoms with van der Waals surface area (Å²) < 4.78 is 34.1. The van der Waals surface area contributed by atoms with Crippen molar-refractivity contribution >= 4 is 27.5 Å². The lowest BCUT2D eigenvalue weighted by molar-refractivity contribution is -0.136. The third kappa shape index (κ3) is 5.10. The minimum Gasteiger partial charge on any atom is -0.378 e. The smallest absolute Gasteiger partial charge is 0.243 e. The summed E-state index contributed by atoms with van der Waals surface area (Å²) in [5.74, 6) is -0.210. The molecule has 0 spiro atoms. The largest absolute Gasteiger partial charge is 0.378 e. The molecule has 0 bridgehead atoms. The lowest BCUT2D eigenvalue weighted by atomic mass is 9.92. The van der Waals surface area contributed by atoms with Crippen molar-refractivity contribution in [1.82, 2.24) is 9.21 Å². The van der Waals surface area contributed by atoms with Gasteiger partial charge in [0.2, 0.25) is 21.8 Å². The molecular weight excluding hydrogens is 442 g/mol. The molecule has 2 heterocycles. The molecule has 2 aliphatic heterocycles. The number of rotatable bonds is 6. The maximum absolute atomic E-state index is 13.6. The summed E-state index contributed by atoms with van der Waals surface area (Å²) in [7, 11) is -3.86. The van der Waals surface area contributed by atoms with Crippen molar-refractivity contribution in [3.05, 3.63) is 59.7 Å². The molecule has 0 aliphatic carbocycles. The molecule has 0 radical (unpaired) electrons. The maximum atomic E-state index is 13.6. The Morgan fingerprint density at radius 2 is 1.73 bits per heavy atom. The summed E-state index contributed by atoms with van der Waals surface area (Å²) in [6.07, 6.45) is 1.01. The predicted octanol–water partition coefficient (Wildman–Crippen LogP) is 2.57. The zero-order valence-electron chi connectivity index (χ0n) is 18.7. The SMILES string of the molecule is CCC(=O)Nc1ccc(S(=O)(=O)N2CCc3ccccc3[C@@H]2CC(=O)N2CCOCC2)cc1. The van der Waals surface area contributed by atoms with Crippen LogP contribution in [-0.2, 0) is 30.8 Å². The van der Waals surface area contributed by atoms with Crippen LogP contribution in [-0.4, -0.2) is 62.3 Å². The summed E-state index contributed by atoms with van der Waals surface area (Å²) in [6.45, 7) is 4.08. The van der Waals surface area contributed by atoms with Gasteiger partial charge in [-0.15, -0.1) is 0 Å². The second-order valence-corrected chi connectivity index (χ2v) is 10.1. The molecule has 2 aromatic rings. The zero-order chi connectivity index (χ0) is 23.4. The number of benzene rings is 2. The molecule has 4 rings (SSSR count). The van der Waals surface area contributed by atoms with Crippen LogP contribution in [0.3, 0.4) is 0 Å². The molecule has 176 valence electrons. The number of hydrogen-bond donors (Lipinski definition) is 1. The fourth-order valence-corrected chi connectivity index (χ4v) is 5.94. The molecule has 2 aliphatic rings. The van der Waals surface area contributed by atoms with E-state index < -0.39 is 16.1 Å². The zero-order valence-corrected chi connectivity index (χ0v) is 19.5. The maximum Gasteiger partial charge on any atom is 0.243 e. The summed E-state index contributed by atoms with van der Waals surface area (Å²) in [6, 6.07) is 13.3. The van der Waals surface area contributed by atoms with E-state index in [1.54, 1.807) is 24.0 Å². The third-order valence-electron chi connectivity index (χ3n) is 6.16. The van der Waals surface area contributed by atoms with Crippen LogP contribution in [0, 0.1) is 0 Å². The first kappa shape index (κ1) is 23.4. The molecule has 8 nitrogen and oxygen atoms in total. The molecule has 2 aromatic carbocycles. The van der Waals surface area contributed by atoms with Gasteiger partial charge in [0.1, 0.15) is 0 Å². The van der Waals surface area contributed by atoms with Crippen LogP contribution in [0.1, 0.15) is 36.9 Å². The minimum absolute atomic E-state index is 0.0715. The molecule has 0 aromatic heterocycles. The Bertz CT molecular complexity index is 1110. The van der Waals surface area contributed by atoms with Crippen LogP contribution < -0.4 is 5.32 Å². The van der Waals surface area contributed by atoms with Gasteiger partial charge >= 0.3 is 0 Å². The number of anilines is 1. The summed E-state index contributed by atoms with van der Waals surface area (Å²) in [5, 5.41) is 2.73. The molecule has 33 heavy (non-hydrogen) atoms. The number of nitrogens with one attached hydrogen (secondary N) is 1. The second-order valence-electron chi connectivity index (χ2n) is 8.20. The number of fused-ring (bicyclic) bond motifs is 1. The predicted molar refractivity (Wildman–Crippen MR) is 124 cm³/mol. The van der Waals surface area contributed by atoms with Gasteiger partial charge in [0.05, 0.1) is 24.2 Å². The quantitative estimate of drug-likeness (QED) is 0.699. The van der Waals surface area contributed by atoms with E-state index in [1.165, 1.54) is 16.4 Å². The molecule has 1 atom stereocenters. The highest BCUT2D eigenvalue weighted by molar-refractivity contribution is 7.89. The van der Waals surface area contributed by atoms with Gasteiger partial charge in [0.25, 0.3) is 0 Å². The molecular formula is C24H29N3O5S. The molecule has 2 amide bonds. The van der Waals surface area contributed by atoms with Crippen LogP contribution >= 0.6 is 0 Å². The molecule has 0 saturated carbocycles. The Kier molecular flexibility index (Phi) is 7.11. The highest BCUT2D eigenvalue weighted by Crippen LogP contribution is 2.37. The first-order valence-corrected chi connectivity index (χ1v) is 12.7. The van der Waals surface area contributed by atoms with Crippen molar-refractivity contribution in [2.45, 2.75) is 37.1 Å². The van der Waals surface area contributed by atoms with E-state index in [4.69, 9.17) is 4.74 Å². The van der Waals surface area contributed by atoms with Gasteiger partial charge in [-0.2, -0.15) is 4.31 Å². The first-order chi connectivity index (χ1) is 15.9. The number of carbonyl (C=O) groups excluding carboxylic acids is 2. The number of sulfonamides is 1. The van der Waals surface area contributed by atoms with E-state index in [0.717, 1.165) is 11.1 Å². The van der Waals surface area contributed by atoms with Crippen molar-refractivity contribution in [1.29, 1.82) is 0 Å². The van der Waals surface area contributed by atoms with Gasteiger partial charge in [0.15, 0.2) is 0 Å². The number of nitrogens with zero attached hydrogens (tertiary/aromatic N) is 2. The fourth-order valence-electron chi connectivity index (χ4n) is 4.33. The van der Waals surface area contributed by atoms with E-state index in [9.17, 15) is 18.0 Å². The molecule has 1 N–H and O–H groups in total. The van der Waals surface area contributed by atoms with Crippen molar-refractivity contribution in [3.8, 4) is 0 Å². The highest BCUT2D eigenvalue weighted by Gasteiger charge is 2.38. The van der Waals surface area contributed by atoms with Crippen LogP contribution in [0.25, 0.3) is 0 Å². The fraction of sp³-hybridized carbons (Fsp3) is 0.417. The number of hydrogen-bond acceptors (Lipinski definition) is 5. The van der Waals surface area contributed by atoms with Gasteiger partial charge in [-0.05, 0) is 41.8 Å². The van der Waals surface area contributed by atoms with E-state index in [0.29, 0.717) is 51.4 Å².